The summed E-state index contributed by atoms with van der Waals surface area (Å²) >= 11 is 6.09. The summed E-state index contributed by atoms with van der Waals surface area (Å²) in [5.41, 5.74) is 0.447. The van der Waals surface area contributed by atoms with Gasteiger partial charge in [-0.15, -0.1) is 0 Å². The second-order valence-electron chi connectivity index (χ2n) is 9.88. The van der Waals surface area contributed by atoms with Gasteiger partial charge < -0.3 is 19.9 Å². The quantitative estimate of drug-likeness (QED) is 0.680. The maximum Gasteiger partial charge on any atom is 0.257 e. The van der Waals surface area contributed by atoms with E-state index in [-0.39, 0.29) is 29.6 Å². The van der Waals surface area contributed by atoms with E-state index in [4.69, 9.17) is 16.3 Å². The van der Waals surface area contributed by atoms with Gasteiger partial charge in [0.1, 0.15) is 5.75 Å². The number of ether oxygens (including phenoxy) is 1. The number of piperidine rings is 2. The van der Waals surface area contributed by atoms with Gasteiger partial charge in [-0.1, -0.05) is 30.9 Å². The Morgan fingerprint density at radius 1 is 0.912 bits per heavy atom. The summed E-state index contributed by atoms with van der Waals surface area (Å²) in [5.74, 6) is 0.395. The number of carbonyl (C=O) groups excluding carboxylic acids is 3. The van der Waals surface area contributed by atoms with Gasteiger partial charge in [-0.3, -0.25) is 14.4 Å². The van der Waals surface area contributed by atoms with Gasteiger partial charge in [-0.25, -0.2) is 0 Å². The molecule has 0 radical (unpaired) electrons. The Morgan fingerprint density at radius 3 is 2.35 bits per heavy atom. The highest BCUT2D eigenvalue weighted by molar-refractivity contribution is 6.31. The van der Waals surface area contributed by atoms with Crippen LogP contribution in [0.4, 0.5) is 0 Å². The zero-order valence-corrected chi connectivity index (χ0v) is 20.8. The van der Waals surface area contributed by atoms with E-state index in [1.54, 1.807) is 23.1 Å². The molecule has 1 aliphatic carbocycles. The summed E-state index contributed by atoms with van der Waals surface area (Å²) in [6.45, 7) is 2.26. The summed E-state index contributed by atoms with van der Waals surface area (Å²) in [6.07, 6.45) is 8.73. The fourth-order valence-electron chi connectivity index (χ4n) is 5.56. The van der Waals surface area contributed by atoms with E-state index in [1.165, 1.54) is 26.4 Å². The van der Waals surface area contributed by atoms with Crippen LogP contribution in [0.3, 0.4) is 0 Å². The molecule has 8 heteroatoms. The molecule has 2 saturated heterocycles. The molecule has 34 heavy (non-hydrogen) atoms. The molecule has 7 nitrogen and oxygen atoms in total. The Bertz CT molecular complexity index is 894. The number of nitrogens with one attached hydrogen (secondary N) is 1. The lowest BCUT2D eigenvalue weighted by atomic mass is 9.90. The van der Waals surface area contributed by atoms with Crippen molar-refractivity contribution >= 4 is 29.3 Å². The molecular formula is C26H36ClN3O4. The molecule has 4 rings (SSSR count). The normalized spacial score (nSPS) is 22.4. The Morgan fingerprint density at radius 2 is 1.65 bits per heavy atom. The van der Waals surface area contributed by atoms with Gasteiger partial charge in [0, 0.05) is 43.2 Å². The van der Waals surface area contributed by atoms with E-state index in [9.17, 15) is 14.4 Å². The van der Waals surface area contributed by atoms with Gasteiger partial charge in [0.25, 0.3) is 5.91 Å². The first-order valence-electron chi connectivity index (χ1n) is 12.7. The molecule has 186 valence electrons. The van der Waals surface area contributed by atoms with Gasteiger partial charge in [0.15, 0.2) is 0 Å². The Hall–Kier alpha value is -2.28. The Kier molecular flexibility index (Phi) is 8.35. The number of likely N-dealkylation sites (tertiary alicyclic amines) is 2. The minimum Gasteiger partial charge on any atom is -0.496 e. The fourth-order valence-corrected chi connectivity index (χ4v) is 5.73. The van der Waals surface area contributed by atoms with Crippen molar-refractivity contribution in [1.29, 1.82) is 0 Å². The van der Waals surface area contributed by atoms with Crippen molar-refractivity contribution in [2.45, 2.75) is 63.8 Å². The van der Waals surface area contributed by atoms with E-state index >= 15 is 0 Å². The molecule has 1 unspecified atom stereocenters. The highest BCUT2D eigenvalue weighted by Gasteiger charge is 2.35. The molecule has 0 spiro atoms. The van der Waals surface area contributed by atoms with Gasteiger partial charge in [0.05, 0.1) is 18.6 Å². The van der Waals surface area contributed by atoms with Crippen LogP contribution in [0.5, 0.6) is 5.75 Å². The second kappa shape index (κ2) is 11.4. The summed E-state index contributed by atoms with van der Waals surface area (Å²) in [5, 5.41) is 3.72. The number of benzene rings is 1. The number of halogens is 1. The zero-order chi connectivity index (χ0) is 24.1. The maximum absolute atomic E-state index is 13.3. The average molecular weight is 490 g/mol. The van der Waals surface area contributed by atoms with Crippen LogP contribution < -0.4 is 10.1 Å². The molecular weight excluding hydrogens is 454 g/mol. The molecule has 1 aromatic carbocycles. The maximum atomic E-state index is 13.3. The number of nitrogens with zero attached hydrogens (tertiary/aromatic N) is 2. The minimum atomic E-state index is -0.123. The first-order chi connectivity index (χ1) is 16.5. The first kappa shape index (κ1) is 24.8. The highest BCUT2D eigenvalue weighted by Crippen LogP contribution is 2.28. The predicted molar refractivity (Wildman–Crippen MR) is 131 cm³/mol. The monoisotopic (exact) mass is 489 g/mol. The largest absolute Gasteiger partial charge is 0.496 e. The van der Waals surface area contributed by atoms with Crippen LogP contribution in [0, 0.1) is 11.8 Å². The number of rotatable bonds is 5. The topological polar surface area (TPSA) is 79.0 Å². The van der Waals surface area contributed by atoms with Crippen molar-refractivity contribution in [1.82, 2.24) is 15.1 Å². The van der Waals surface area contributed by atoms with Gasteiger partial charge in [-0.2, -0.15) is 0 Å². The van der Waals surface area contributed by atoms with Gasteiger partial charge >= 0.3 is 0 Å². The summed E-state index contributed by atoms with van der Waals surface area (Å²) in [6, 6.07) is 5.32. The molecule has 1 saturated carbocycles. The predicted octanol–water partition coefficient (Wildman–Crippen LogP) is 3.89. The van der Waals surface area contributed by atoms with Gasteiger partial charge in [0.2, 0.25) is 11.8 Å². The molecule has 2 aliphatic heterocycles. The van der Waals surface area contributed by atoms with Crippen LogP contribution in [-0.4, -0.2) is 66.9 Å². The summed E-state index contributed by atoms with van der Waals surface area (Å²) in [7, 11) is 1.53. The average Bonchev–Trinajstić information content (AvgIpc) is 2.88. The van der Waals surface area contributed by atoms with Crippen molar-refractivity contribution in [2.24, 2.45) is 11.8 Å². The lowest BCUT2D eigenvalue weighted by molar-refractivity contribution is -0.140. The van der Waals surface area contributed by atoms with Crippen molar-refractivity contribution in [3.05, 3.63) is 28.8 Å². The van der Waals surface area contributed by atoms with E-state index < -0.39 is 0 Å². The number of carbonyl (C=O) groups is 3. The summed E-state index contributed by atoms with van der Waals surface area (Å²) < 4.78 is 5.33. The lowest BCUT2D eigenvalue weighted by Crippen LogP contribution is -2.50. The number of amides is 3. The van der Waals surface area contributed by atoms with Crippen molar-refractivity contribution < 1.29 is 19.1 Å². The van der Waals surface area contributed by atoms with Crippen LogP contribution in [0.1, 0.15) is 68.1 Å². The molecule has 1 N–H and O–H groups in total. The van der Waals surface area contributed by atoms with E-state index in [1.807, 2.05) is 4.90 Å². The minimum absolute atomic E-state index is 0.106. The number of hydrogen-bond donors (Lipinski definition) is 1. The molecule has 3 aliphatic rings. The molecule has 0 bridgehead atoms. The Balaban J connectivity index is 1.29. The van der Waals surface area contributed by atoms with Crippen LogP contribution in [0.15, 0.2) is 18.2 Å². The molecule has 2 heterocycles. The smallest absolute Gasteiger partial charge is 0.257 e. The molecule has 3 amide bonds. The molecule has 1 atom stereocenters. The SMILES string of the molecule is COc1ccc(Cl)cc1C(=O)N1CCC(C(=O)N2CCCC(C(=O)NC3CCCCC3)C2)CC1. The van der Waals surface area contributed by atoms with Crippen LogP contribution in [0.2, 0.25) is 5.02 Å². The zero-order valence-electron chi connectivity index (χ0n) is 20.1. The third-order valence-electron chi connectivity index (χ3n) is 7.58. The highest BCUT2D eigenvalue weighted by atomic mass is 35.5. The van der Waals surface area contributed by atoms with E-state index in [2.05, 4.69) is 5.32 Å². The number of hydrogen-bond acceptors (Lipinski definition) is 4. The third kappa shape index (κ3) is 5.85. The van der Waals surface area contributed by atoms with Gasteiger partial charge in [-0.05, 0) is 56.7 Å². The van der Waals surface area contributed by atoms with Crippen molar-refractivity contribution in [3.8, 4) is 5.75 Å². The Labute approximate surface area is 207 Å². The van der Waals surface area contributed by atoms with E-state index in [0.717, 1.165) is 25.7 Å². The van der Waals surface area contributed by atoms with Crippen LogP contribution in [-0.2, 0) is 9.59 Å². The fraction of sp³-hybridized carbons (Fsp3) is 0.654. The molecule has 3 fully saturated rings. The molecule has 1 aromatic rings. The third-order valence-corrected chi connectivity index (χ3v) is 7.81. The number of methoxy groups -OCH3 is 1. The lowest BCUT2D eigenvalue weighted by Gasteiger charge is -2.38. The molecule has 0 aromatic heterocycles. The van der Waals surface area contributed by atoms with Crippen molar-refractivity contribution in [3.63, 3.8) is 0 Å². The summed E-state index contributed by atoms with van der Waals surface area (Å²) in [4.78, 5) is 42.8. The standard InChI is InChI=1S/C26H36ClN3O4/c1-34-23-10-9-20(27)16-22(23)26(33)29-14-11-18(12-15-29)25(32)30-13-5-6-19(17-30)24(31)28-21-7-3-2-4-8-21/h9-10,16,18-19,21H,2-8,11-15,17H2,1H3,(H,28,31). The van der Waals surface area contributed by atoms with Crippen molar-refractivity contribution in [2.75, 3.05) is 33.3 Å². The first-order valence-corrected chi connectivity index (χ1v) is 13.1. The van der Waals surface area contributed by atoms with Crippen LogP contribution >= 0.6 is 11.6 Å². The second-order valence-corrected chi connectivity index (χ2v) is 10.3. The van der Waals surface area contributed by atoms with Crippen LogP contribution in [0.25, 0.3) is 0 Å². The van der Waals surface area contributed by atoms with E-state index in [0.29, 0.717) is 61.4 Å².